The van der Waals surface area contributed by atoms with Gasteiger partial charge in [0.25, 0.3) is 0 Å². The normalized spacial score (nSPS) is 36.1. The molecule has 2 aliphatic carbocycles. The molecule has 0 aliphatic heterocycles. The van der Waals surface area contributed by atoms with E-state index in [1.165, 1.54) is 18.4 Å². The third-order valence-electron chi connectivity index (χ3n) is 4.32. The van der Waals surface area contributed by atoms with Crippen molar-refractivity contribution in [1.29, 1.82) is 0 Å². The number of benzene rings is 1. The second-order valence-electron chi connectivity index (χ2n) is 5.68. The number of nitrogens with one attached hydrogen (secondary N) is 1. The minimum atomic E-state index is -0.0137. The molecule has 3 rings (SSSR count). The van der Waals surface area contributed by atoms with E-state index in [0.29, 0.717) is 6.04 Å². The molecular formula is C15H21NO. The van der Waals surface area contributed by atoms with Crippen LogP contribution in [0.2, 0.25) is 0 Å². The second-order valence-corrected chi connectivity index (χ2v) is 5.68. The van der Waals surface area contributed by atoms with E-state index in [4.69, 9.17) is 0 Å². The number of aliphatic hydroxyl groups excluding tert-OH is 1. The van der Waals surface area contributed by atoms with E-state index in [1.807, 2.05) is 0 Å². The van der Waals surface area contributed by atoms with Crippen molar-refractivity contribution in [2.24, 2.45) is 5.92 Å². The van der Waals surface area contributed by atoms with Gasteiger partial charge in [0.05, 0.1) is 6.10 Å². The van der Waals surface area contributed by atoms with Gasteiger partial charge in [-0.05, 0) is 49.6 Å². The van der Waals surface area contributed by atoms with Crippen molar-refractivity contribution in [3.05, 3.63) is 35.9 Å². The van der Waals surface area contributed by atoms with Crippen LogP contribution in [0.25, 0.3) is 0 Å². The Morgan fingerprint density at radius 1 is 1.06 bits per heavy atom. The maximum Gasteiger partial charge on any atom is 0.0546 e. The van der Waals surface area contributed by atoms with Gasteiger partial charge in [0.1, 0.15) is 0 Å². The molecule has 0 unspecified atom stereocenters. The smallest absolute Gasteiger partial charge is 0.0546 e. The minimum absolute atomic E-state index is 0.0137. The number of aliphatic hydroxyl groups is 1. The zero-order valence-electron chi connectivity index (χ0n) is 10.2. The maximum atomic E-state index is 9.22. The van der Waals surface area contributed by atoms with Crippen molar-refractivity contribution < 1.29 is 5.11 Å². The van der Waals surface area contributed by atoms with Crippen molar-refractivity contribution in [1.82, 2.24) is 5.32 Å². The number of hydrogen-bond donors (Lipinski definition) is 2. The summed E-state index contributed by atoms with van der Waals surface area (Å²) < 4.78 is 0. The first-order valence-electron chi connectivity index (χ1n) is 6.77. The van der Waals surface area contributed by atoms with E-state index in [0.717, 1.165) is 31.2 Å². The molecule has 2 nitrogen and oxygen atoms in total. The summed E-state index contributed by atoms with van der Waals surface area (Å²) in [5.74, 6) is 1.49. The van der Waals surface area contributed by atoms with E-state index < -0.39 is 0 Å². The van der Waals surface area contributed by atoms with Gasteiger partial charge in [-0.25, -0.2) is 0 Å². The predicted octanol–water partition coefficient (Wildman–Crippen LogP) is 2.29. The monoisotopic (exact) mass is 231 g/mol. The molecule has 0 bridgehead atoms. The van der Waals surface area contributed by atoms with Crippen LogP contribution in [0.4, 0.5) is 0 Å². The van der Waals surface area contributed by atoms with Crippen molar-refractivity contribution in [2.45, 2.75) is 43.7 Å². The molecule has 0 heterocycles. The molecule has 0 amide bonds. The van der Waals surface area contributed by atoms with Crippen molar-refractivity contribution >= 4 is 0 Å². The van der Waals surface area contributed by atoms with Crippen LogP contribution in [-0.4, -0.2) is 23.8 Å². The van der Waals surface area contributed by atoms with Crippen LogP contribution in [-0.2, 0) is 0 Å². The Morgan fingerprint density at radius 3 is 2.41 bits per heavy atom. The van der Waals surface area contributed by atoms with Gasteiger partial charge in [-0.1, -0.05) is 30.3 Å². The molecule has 92 valence electrons. The fourth-order valence-corrected chi connectivity index (χ4v) is 2.98. The summed E-state index contributed by atoms with van der Waals surface area (Å²) >= 11 is 0. The molecule has 1 aromatic carbocycles. The second kappa shape index (κ2) is 4.79. The summed E-state index contributed by atoms with van der Waals surface area (Å²) in [5.41, 5.74) is 1.49. The minimum Gasteiger partial charge on any atom is -0.393 e. The third-order valence-corrected chi connectivity index (χ3v) is 4.32. The average Bonchev–Trinajstić information content (AvgIpc) is 2.25. The highest BCUT2D eigenvalue weighted by atomic mass is 16.3. The van der Waals surface area contributed by atoms with Crippen LogP contribution in [0.5, 0.6) is 0 Å². The number of rotatable bonds is 4. The first kappa shape index (κ1) is 11.2. The van der Waals surface area contributed by atoms with Crippen LogP contribution >= 0.6 is 0 Å². The van der Waals surface area contributed by atoms with Crippen LogP contribution in [0.1, 0.15) is 37.2 Å². The highest BCUT2D eigenvalue weighted by Gasteiger charge is 2.32. The molecule has 2 aliphatic rings. The highest BCUT2D eigenvalue weighted by Crippen LogP contribution is 2.37. The quantitative estimate of drug-likeness (QED) is 0.833. The van der Waals surface area contributed by atoms with Gasteiger partial charge in [0.15, 0.2) is 0 Å². The molecule has 2 fully saturated rings. The third kappa shape index (κ3) is 2.53. The van der Waals surface area contributed by atoms with Gasteiger partial charge in [-0.2, -0.15) is 0 Å². The zero-order valence-corrected chi connectivity index (χ0v) is 10.2. The van der Waals surface area contributed by atoms with Gasteiger partial charge in [-0.15, -0.1) is 0 Å². The predicted molar refractivity (Wildman–Crippen MR) is 68.9 cm³/mol. The summed E-state index contributed by atoms with van der Waals surface area (Å²) in [7, 11) is 0. The van der Waals surface area contributed by atoms with Crippen molar-refractivity contribution in [3.63, 3.8) is 0 Å². The fraction of sp³-hybridized carbons (Fsp3) is 0.600. The lowest BCUT2D eigenvalue weighted by Crippen LogP contribution is -2.45. The Balaban J connectivity index is 1.37. The zero-order chi connectivity index (χ0) is 11.7. The summed E-state index contributed by atoms with van der Waals surface area (Å²) in [6.07, 6.45) is 4.54. The number of hydrogen-bond acceptors (Lipinski definition) is 2. The lowest BCUT2D eigenvalue weighted by molar-refractivity contribution is 0.0400. The van der Waals surface area contributed by atoms with E-state index in [9.17, 15) is 5.11 Å². The molecule has 0 saturated heterocycles. The van der Waals surface area contributed by atoms with Crippen LogP contribution in [0, 0.1) is 5.92 Å². The first-order chi connectivity index (χ1) is 8.31. The molecule has 0 atom stereocenters. The molecule has 2 N–H and O–H groups in total. The van der Waals surface area contributed by atoms with Crippen molar-refractivity contribution in [3.8, 4) is 0 Å². The SMILES string of the molecule is OC1CC(CNC2CC(c3ccccc3)C2)C1. The van der Waals surface area contributed by atoms with E-state index in [2.05, 4.69) is 35.6 Å². The van der Waals surface area contributed by atoms with E-state index >= 15 is 0 Å². The fourth-order valence-electron chi connectivity index (χ4n) is 2.98. The summed E-state index contributed by atoms with van der Waals surface area (Å²) in [6, 6.07) is 11.5. The first-order valence-corrected chi connectivity index (χ1v) is 6.77. The largest absolute Gasteiger partial charge is 0.393 e. The molecule has 0 aromatic heterocycles. The van der Waals surface area contributed by atoms with Gasteiger partial charge in [0.2, 0.25) is 0 Å². The Labute approximate surface area is 103 Å². The Kier molecular flexibility index (Phi) is 3.17. The van der Waals surface area contributed by atoms with Gasteiger partial charge >= 0.3 is 0 Å². The van der Waals surface area contributed by atoms with Gasteiger partial charge in [0, 0.05) is 6.04 Å². The van der Waals surface area contributed by atoms with Crippen molar-refractivity contribution in [2.75, 3.05) is 6.54 Å². The highest BCUT2D eigenvalue weighted by molar-refractivity contribution is 5.22. The van der Waals surface area contributed by atoms with Gasteiger partial charge < -0.3 is 10.4 Å². The Morgan fingerprint density at radius 2 is 1.76 bits per heavy atom. The average molecular weight is 231 g/mol. The lowest BCUT2D eigenvalue weighted by atomic mass is 9.75. The standard InChI is InChI=1S/C15H21NO/c17-15-6-11(7-15)10-16-14-8-13(9-14)12-4-2-1-3-5-12/h1-5,11,13-17H,6-10H2. The molecule has 2 saturated carbocycles. The summed E-state index contributed by atoms with van der Waals surface area (Å²) in [4.78, 5) is 0. The Hall–Kier alpha value is -0.860. The van der Waals surface area contributed by atoms with Gasteiger partial charge in [-0.3, -0.25) is 0 Å². The molecule has 1 aromatic rings. The van der Waals surface area contributed by atoms with Crippen LogP contribution in [0.15, 0.2) is 30.3 Å². The molecular weight excluding hydrogens is 210 g/mol. The molecule has 17 heavy (non-hydrogen) atoms. The molecule has 0 radical (unpaired) electrons. The van der Waals surface area contributed by atoms with Crippen LogP contribution < -0.4 is 5.32 Å². The summed E-state index contributed by atoms with van der Waals surface area (Å²) in [5, 5.41) is 12.8. The van der Waals surface area contributed by atoms with Crippen LogP contribution in [0.3, 0.4) is 0 Å². The Bertz CT molecular complexity index is 352. The lowest BCUT2D eigenvalue weighted by Gasteiger charge is -2.39. The molecule has 2 heteroatoms. The van der Waals surface area contributed by atoms with E-state index in [-0.39, 0.29) is 6.10 Å². The topological polar surface area (TPSA) is 32.3 Å². The molecule has 0 spiro atoms. The van der Waals surface area contributed by atoms with E-state index in [1.54, 1.807) is 0 Å². The maximum absolute atomic E-state index is 9.22. The summed E-state index contributed by atoms with van der Waals surface area (Å²) in [6.45, 7) is 1.10.